The van der Waals surface area contributed by atoms with E-state index < -0.39 is 50.3 Å². The molecule has 1 fully saturated rings. The quantitative estimate of drug-likeness (QED) is 0.351. The smallest absolute Gasteiger partial charge is 0.252 e. The van der Waals surface area contributed by atoms with Crippen LogP contribution in [0.1, 0.15) is 10.4 Å². The lowest BCUT2D eigenvalue weighted by atomic mass is 9.96. The van der Waals surface area contributed by atoms with Crippen molar-refractivity contribution in [2.75, 3.05) is 13.7 Å². The van der Waals surface area contributed by atoms with Crippen molar-refractivity contribution in [2.45, 2.75) is 30.6 Å². The van der Waals surface area contributed by atoms with Crippen LogP contribution in [0.4, 0.5) is 0 Å². The van der Waals surface area contributed by atoms with E-state index in [9.17, 15) is 24.7 Å². The van der Waals surface area contributed by atoms with Gasteiger partial charge in [0, 0.05) is 23.0 Å². The van der Waals surface area contributed by atoms with Gasteiger partial charge in [-0.15, -0.1) is 0 Å². The normalized spacial score (nSPS) is 24.6. The molecule has 5 atom stereocenters. The molecule has 184 valence electrons. The maximum atomic E-state index is 14.8. The van der Waals surface area contributed by atoms with Gasteiger partial charge in [-0.05, 0) is 6.07 Å². The van der Waals surface area contributed by atoms with Gasteiger partial charge in [0.2, 0.25) is 0 Å². The Labute approximate surface area is 203 Å². The molecule has 0 spiro atoms. The molecule has 0 aromatic heterocycles. The van der Waals surface area contributed by atoms with Gasteiger partial charge >= 0.3 is 0 Å². The summed E-state index contributed by atoms with van der Waals surface area (Å²) in [5.74, 6) is -0.614. The van der Waals surface area contributed by atoms with E-state index in [1.54, 1.807) is 72.8 Å². The maximum absolute atomic E-state index is 14.8. The number of carbonyl (C=O) groups excluding carboxylic acids is 1. The predicted octanol–water partition coefficient (Wildman–Crippen LogP) is 0.510. The Morgan fingerprint density at radius 1 is 0.914 bits per heavy atom. The summed E-state index contributed by atoms with van der Waals surface area (Å²) in [4.78, 5) is 13.5. The highest BCUT2D eigenvalue weighted by molar-refractivity contribution is 7.85. The van der Waals surface area contributed by atoms with Crippen molar-refractivity contribution in [3.63, 3.8) is 0 Å². The first kappa shape index (κ1) is 25.3. The van der Waals surface area contributed by atoms with Crippen LogP contribution in [-0.4, -0.2) is 65.6 Å². The molecule has 1 saturated heterocycles. The van der Waals surface area contributed by atoms with Crippen LogP contribution in [0.5, 0.6) is 0 Å². The van der Waals surface area contributed by atoms with Crippen LogP contribution in [0.3, 0.4) is 0 Å². The molecule has 0 bridgehead atoms. The van der Waals surface area contributed by atoms with Gasteiger partial charge in [0.05, 0.1) is 12.2 Å². The summed E-state index contributed by atoms with van der Waals surface area (Å²) in [6.45, 7) is -0.529. The average molecular weight is 497 g/mol. The molecule has 0 aliphatic carbocycles. The fourth-order valence-electron chi connectivity index (χ4n) is 4.31. The standard InChI is InChI=1S/C26H28NO7P/c1-33-26-22(24(30)23(29)20(16-28)34-26)27-25(31)19-14-8-9-15-21(19)35(32,17-10-4-2-5-11-17)18-12-6-3-7-13-18/h2-15,20,22-24,26,28-30H,16H2,1H3,(H,27,31). The second kappa shape index (κ2) is 10.8. The van der Waals surface area contributed by atoms with Crippen LogP contribution < -0.4 is 21.2 Å². The van der Waals surface area contributed by atoms with Crippen molar-refractivity contribution in [1.82, 2.24) is 5.32 Å². The van der Waals surface area contributed by atoms with E-state index in [4.69, 9.17) is 9.47 Å². The van der Waals surface area contributed by atoms with Gasteiger partial charge in [-0.1, -0.05) is 78.9 Å². The fourth-order valence-corrected chi connectivity index (χ4v) is 7.16. The molecule has 8 nitrogen and oxygen atoms in total. The number of carbonyl (C=O) groups is 1. The summed E-state index contributed by atoms with van der Waals surface area (Å²) in [6.07, 6.45) is -5.08. The third-order valence-corrected chi connectivity index (χ3v) is 9.26. The zero-order valence-corrected chi connectivity index (χ0v) is 20.0. The molecular formula is C26H28NO7P. The van der Waals surface area contributed by atoms with Crippen LogP contribution in [0.25, 0.3) is 0 Å². The Kier molecular flexibility index (Phi) is 7.82. The number of hydrogen-bond donors (Lipinski definition) is 4. The minimum absolute atomic E-state index is 0.157. The SMILES string of the molecule is COC1OC(CO)C(O)C(O)C1NC(=O)c1ccccc1P(=O)(c1ccccc1)c1ccccc1. The zero-order chi connectivity index (χ0) is 25.0. The highest BCUT2D eigenvalue weighted by Crippen LogP contribution is 2.43. The second-order valence-electron chi connectivity index (χ2n) is 8.24. The Hall–Kier alpha value is -2.84. The van der Waals surface area contributed by atoms with Crippen molar-refractivity contribution in [2.24, 2.45) is 0 Å². The maximum Gasteiger partial charge on any atom is 0.252 e. The van der Waals surface area contributed by atoms with E-state index in [1.165, 1.54) is 7.11 Å². The largest absolute Gasteiger partial charge is 0.394 e. The minimum Gasteiger partial charge on any atom is -0.394 e. The summed E-state index contributed by atoms with van der Waals surface area (Å²) in [6, 6.07) is 23.4. The van der Waals surface area contributed by atoms with Crippen molar-refractivity contribution in [1.29, 1.82) is 0 Å². The molecular weight excluding hydrogens is 469 g/mol. The lowest BCUT2D eigenvalue weighted by Crippen LogP contribution is -2.64. The molecule has 9 heteroatoms. The van der Waals surface area contributed by atoms with Crippen molar-refractivity contribution >= 4 is 29.0 Å². The summed E-state index contributed by atoms with van der Waals surface area (Å²) in [5.41, 5.74) is 0.157. The topological polar surface area (TPSA) is 125 Å². The van der Waals surface area contributed by atoms with Crippen molar-refractivity contribution < 1.29 is 34.2 Å². The fraction of sp³-hybridized carbons (Fsp3) is 0.269. The minimum atomic E-state index is -3.45. The van der Waals surface area contributed by atoms with E-state index >= 15 is 0 Å². The van der Waals surface area contributed by atoms with Crippen LogP contribution >= 0.6 is 7.14 Å². The molecule has 1 amide bonds. The van der Waals surface area contributed by atoms with Gasteiger partial charge in [-0.3, -0.25) is 4.79 Å². The van der Waals surface area contributed by atoms with E-state index in [1.807, 2.05) is 12.1 Å². The van der Waals surface area contributed by atoms with Gasteiger partial charge in [0.25, 0.3) is 5.91 Å². The Morgan fingerprint density at radius 3 is 2.00 bits per heavy atom. The molecule has 1 aliphatic heterocycles. The lowest BCUT2D eigenvalue weighted by molar-refractivity contribution is -0.261. The molecule has 1 aliphatic rings. The summed E-state index contributed by atoms with van der Waals surface area (Å²) >= 11 is 0. The average Bonchev–Trinajstić information content (AvgIpc) is 2.92. The molecule has 3 aromatic rings. The zero-order valence-electron chi connectivity index (χ0n) is 19.1. The third-order valence-electron chi connectivity index (χ3n) is 6.14. The van der Waals surface area contributed by atoms with Crippen molar-refractivity contribution in [3.05, 3.63) is 90.5 Å². The van der Waals surface area contributed by atoms with Gasteiger partial charge in [0.15, 0.2) is 13.4 Å². The number of ether oxygens (including phenoxy) is 2. The number of aliphatic hydroxyl groups excluding tert-OH is 3. The highest BCUT2D eigenvalue weighted by atomic mass is 31.2. The molecule has 0 radical (unpaired) electrons. The number of aliphatic hydroxyl groups is 3. The first-order valence-electron chi connectivity index (χ1n) is 11.2. The molecule has 3 aromatic carbocycles. The number of rotatable bonds is 7. The van der Waals surface area contributed by atoms with Gasteiger partial charge < -0.3 is 34.7 Å². The number of amides is 1. The van der Waals surface area contributed by atoms with Gasteiger partial charge in [-0.25, -0.2) is 0 Å². The molecule has 1 heterocycles. The molecule has 4 rings (SSSR count). The van der Waals surface area contributed by atoms with Crippen LogP contribution in [-0.2, 0) is 14.0 Å². The monoisotopic (exact) mass is 497 g/mol. The summed E-state index contributed by atoms with van der Waals surface area (Å²) < 4.78 is 25.6. The molecule has 5 unspecified atom stereocenters. The van der Waals surface area contributed by atoms with Crippen molar-refractivity contribution in [3.8, 4) is 0 Å². The number of nitrogens with one attached hydrogen (secondary N) is 1. The highest BCUT2D eigenvalue weighted by Gasteiger charge is 2.45. The molecule has 0 saturated carbocycles. The molecule has 35 heavy (non-hydrogen) atoms. The van der Waals surface area contributed by atoms with E-state index in [0.717, 1.165) is 0 Å². The van der Waals surface area contributed by atoms with Crippen LogP contribution in [0, 0.1) is 0 Å². The van der Waals surface area contributed by atoms with E-state index in [2.05, 4.69) is 5.32 Å². The first-order chi connectivity index (χ1) is 16.9. The Morgan fingerprint density at radius 2 is 1.46 bits per heavy atom. The van der Waals surface area contributed by atoms with Gasteiger partial charge in [0.1, 0.15) is 24.4 Å². The number of benzene rings is 3. The van der Waals surface area contributed by atoms with Crippen LogP contribution in [0.2, 0.25) is 0 Å². The van der Waals surface area contributed by atoms with Crippen LogP contribution in [0.15, 0.2) is 84.9 Å². The number of methoxy groups -OCH3 is 1. The second-order valence-corrected chi connectivity index (χ2v) is 11.0. The molecule has 4 N–H and O–H groups in total. The first-order valence-corrected chi connectivity index (χ1v) is 12.9. The number of hydrogen-bond acceptors (Lipinski definition) is 7. The lowest BCUT2D eigenvalue weighted by Gasteiger charge is -2.41. The summed E-state index contributed by atoms with van der Waals surface area (Å²) in [7, 11) is -2.12. The summed E-state index contributed by atoms with van der Waals surface area (Å²) in [5, 5.41) is 34.5. The Bertz CT molecular complexity index is 1150. The third kappa shape index (κ3) is 4.82. The van der Waals surface area contributed by atoms with E-state index in [-0.39, 0.29) is 5.56 Å². The predicted molar refractivity (Wildman–Crippen MR) is 132 cm³/mol. The van der Waals surface area contributed by atoms with E-state index in [0.29, 0.717) is 15.9 Å². The van der Waals surface area contributed by atoms with Gasteiger partial charge in [-0.2, -0.15) is 0 Å². The Balaban J connectivity index is 1.76.